The number of carboxylic acid groups (broad SMARTS) is 1. The average Bonchev–Trinajstić information content (AvgIpc) is 2.34. The molecule has 0 saturated carbocycles. The standard InChI is InChI=1S/C9H14O3.C4H9NOS/c1-3-5-6-8(10)7(4-2)9(11)12;1-4(6)5-2-3-7/h3-4,7-8,10H,1-2,5-6H2,(H,11,12);7H,2-3H2,1H3,(H,5,6)/t7-,8+;/m0./s1. The van der Waals surface area contributed by atoms with Crippen molar-refractivity contribution in [1.29, 1.82) is 0 Å². The van der Waals surface area contributed by atoms with Gasteiger partial charge in [0.2, 0.25) is 5.91 Å². The molecule has 0 heterocycles. The molecule has 0 aliphatic carbocycles. The number of hydrogen-bond acceptors (Lipinski definition) is 4. The van der Waals surface area contributed by atoms with E-state index in [1.807, 2.05) is 0 Å². The summed E-state index contributed by atoms with van der Waals surface area (Å²) >= 11 is 3.88. The van der Waals surface area contributed by atoms with Crippen LogP contribution in [0.2, 0.25) is 0 Å². The lowest BCUT2D eigenvalue weighted by atomic mass is 9.99. The third-order valence-corrected chi connectivity index (χ3v) is 2.33. The molecule has 0 bridgehead atoms. The van der Waals surface area contributed by atoms with Crippen LogP contribution in [-0.2, 0) is 9.59 Å². The second-order valence-corrected chi connectivity index (χ2v) is 4.19. The van der Waals surface area contributed by atoms with Crippen molar-refractivity contribution < 1.29 is 19.8 Å². The molecule has 0 saturated heterocycles. The van der Waals surface area contributed by atoms with Gasteiger partial charge in [0.1, 0.15) is 5.92 Å². The normalized spacial score (nSPS) is 12.4. The van der Waals surface area contributed by atoms with Gasteiger partial charge in [0.25, 0.3) is 0 Å². The fourth-order valence-electron chi connectivity index (χ4n) is 1.12. The zero-order chi connectivity index (χ0) is 15.3. The van der Waals surface area contributed by atoms with E-state index in [0.29, 0.717) is 25.1 Å². The van der Waals surface area contributed by atoms with Crippen LogP contribution in [0.15, 0.2) is 25.3 Å². The number of thiol groups is 1. The first kappa shape index (κ1) is 20.1. The largest absolute Gasteiger partial charge is 0.481 e. The van der Waals surface area contributed by atoms with E-state index >= 15 is 0 Å². The number of carbonyl (C=O) groups is 2. The average molecular weight is 289 g/mol. The van der Waals surface area contributed by atoms with Crippen LogP contribution in [0.3, 0.4) is 0 Å². The van der Waals surface area contributed by atoms with Crippen molar-refractivity contribution in [3.8, 4) is 0 Å². The quantitative estimate of drug-likeness (QED) is 0.400. The van der Waals surface area contributed by atoms with Crippen LogP contribution < -0.4 is 5.32 Å². The minimum atomic E-state index is -1.04. The molecule has 0 aromatic rings. The maximum atomic E-state index is 10.5. The number of hydrogen-bond donors (Lipinski definition) is 4. The zero-order valence-corrected chi connectivity index (χ0v) is 12.1. The predicted octanol–water partition coefficient (Wildman–Crippen LogP) is 1.25. The van der Waals surface area contributed by atoms with Crippen molar-refractivity contribution >= 4 is 24.5 Å². The Balaban J connectivity index is 0. The molecule has 3 N–H and O–H groups in total. The van der Waals surface area contributed by atoms with E-state index < -0.39 is 18.0 Å². The lowest BCUT2D eigenvalue weighted by Crippen LogP contribution is -2.25. The summed E-state index contributed by atoms with van der Waals surface area (Å²) in [7, 11) is 0. The Bertz CT molecular complexity index is 294. The summed E-state index contributed by atoms with van der Waals surface area (Å²) < 4.78 is 0. The van der Waals surface area contributed by atoms with Gasteiger partial charge in [-0.25, -0.2) is 0 Å². The molecule has 2 atom stereocenters. The number of aliphatic hydroxyl groups is 1. The third-order valence-electron chi connectivity index (χ3n) is 2.11. The predicted molar refractivity (Wildman–Crippen MR) is 79.3 cm³/mol. The first-order chi connectivity index (χ1) is 8.90. The maximum absolute atomic E-state index is 10.5. The summed E-state index contributed by atoms with van der Waals surface area (Å²) in [4.78, 5) is 20.5. The van der Waals surface area contributed by atoms with E-state index in [4.69, 9.17) is 5.11 Å². The van der Waals surface area contributed by atoms with Gasteiger partial charge < -0.3 is 15.5 Å². The van der Waals surface area contributed by atoms with Crippen LogP contribution in [-0.4, -0.2) is 40.5 Å². The lowest BCUT2D eigenvalue weighted by Gasteiger charge is -2.13. The first-order valence-corrected chi connectivity index (χ1v) is 6.53. The Morgan fingerprint density at radius 3 is 2.26 bits per heavy atom. The fraction of sp³-hybridized carbons (Fsp3) is 0.538. The van der Waals surface area contributed by atoms with Gasteiger partial charge in [-0.05, 0) is 12.8 Å². The van der Waals surface area contributed by atoms with E-state index in [0.717, 1.165) is 0 Å². The maximum Gasteiger partial charge on any atom is 0.312 e. The van der Waals surface area contributed by atoms with Crippen molar-refractivity contribution in [2.45, 2.75) is 25.9 Å². The van der Waals surface area contributed by atoms with Gasteiger partial charge in [0, 0.05) is 19.2 Å². The van der Waals surface area contributed by atoms with Crippen LogP contribution in [0, 0.1) is 5.92 Å². The monoisotopic (exact) mass is 289 g/mol. The Kier molecular flexibility index (Phi) is 13.9. The minimum Gasteiger partial charge on any atom is -0.481 e. The molecule has 0 aliphatic rings. The summed E-state index contributed by atoms with van der Waals surface area (Å²) in [6, 6.07) is 0. The number of aliphatic hydroxyl groups excluding tert-OH is 1. The van der Waals surface area contributed by atoms with Gasteiger partial charge >= 0.3 is 5.97 Å². The van der Waals surface area contributed by atoms with Crippen LogP contribution in [0.1, 0.15) is 19.8 Å². The fourth-order valence-corrected chi connectivity index (χ4v) is 1.23. The van der Waals surface area contributed by atoms with Gasteiger partial charge in [-0.1, -0.05) is 12.2 Å². The third kappa shape index (κ3) is 13.0. The van der Waals surface area contributed by atoms with Crippen LogP contribution in [0.4, 0.5) is 0 Å². The summed E-state index contributed by atoms with van der Waals surface area (Å²) in [6.07, 6.45) is 3.05. The van der Waals surface area contributed by atoms with E-state index in [9.17, 15) is 14.7 Å². The number of rotatable bonds is 8. The van der Waals surface area contributed by atoms with Crippen molar-refractivity contribution in [1.82, 2.24) is 5.32 Å². The van der Waals surface area contributed by atoms with E-state index in [-0.39, 0.29) is 5.91 Å². The van der Waals surface area contributed by atoms with Gasteiger partial charge in [0.05, 0.1) is 6.10 Å². The summed E-state index contributed by atoms with van der Waals surface area (Å²) in [5.74, 6) is -1.19. The molecule has 0 aromatic heterocycles. The number of carboxylic acids is 1. The number of carbonyl (C=O) groups excluding carboxylic acids is 1. The molecule has 19 heavy (non-hydrogen) atoms. The van der Waals surface area contributed by atoms with E-state index in [1.165, 1.54) is 13.0 Å². The van der Waals surface area contributed by atoms with E-state index in [2.05, 4.69) is 31.1 Å². The molecule has 0 aromatic carbocycles. The zero-order valence-electron chi connectivity index (χ0n) is 11.2. The topological polar surface area (TPSA) is 86.6 Å². The molecule has 0 spiro atoms. The minimum absolute atomic E-state index is 0.00838. The molecular weight excluding hydrogens is 266 g/mol. The molecule has 6 heteroatoms. The second kappa shape index (κ2) is 13.2. The lowest BCUT2D eigenvalue weighted by molar-refractivity contribution is -0.143. The Morgan fingerprint density at radius 1 is 1.42 bits per heavy atom. The highest BCUT2D eigenvalue weighted by Gasteiger charge is 2.21. The molecule has 0 aliphatic heterocycles. The molecule has 0 unspecified atom stereocenters. The Labute approximate surface area is 119 Å². The molecule has 0 rings (SSSR count). The van der Waals surface area contributed by atoms with E-state index in [1.54, 1.807) is 6.08 Å². The van der Waals surface area contributed by atoms with Gasteiger partial charge in [0.15, 0.2) is 0 Å². The van der Waals surface area contributed by atoms with Crippen molar-refractivity contribution in [2.24, 2.45) is 5.92 Å². The van der Waals surface area contributed by atoms with Crippen molar-refractivity contribution in [2.75, 3.05) is 12.3 Å². The molecule has 5 nitrogen and oxygen atoms in total. The highest BCUT2D eigenvalue weighted by Crippen LogP contribution is 2.11. The van der Waals surface area contributed by atoms with Gasteiger partial charge in [-0.2, -0.15) is 12.6 Å². The highest BCUT2D eigenvalue weighted by molar-refractivity contribution is 7.80. The SMILES string of the molecule is C=CCC[C@@H](O)[C@H](C=C)C(=O)O.CC(=O)NCCS. The summed E-state index contributed by atoms with van der Waals surface area (Å²) in [5, 5.41) is 20.5. The molecule has 0 fully saturated rings. The van der Waals surface area contributed by atoms with Gasteiger partial charge in [-0.15, -0.1) is 13.2 Å². The highest BCUT2D eigenvalue weighted by atomic mass is 32.1. The Morgan fingerprint density at radius 2 is 2.00 bits per heavy atom. The molecule has 110 valence electrons. The van der Waals surface area contributed by atoms with Crippen molar-refractivity contribution in [3.05, 3.63) is 25.3 Å². The molecule has 0 radical (unpaired) electrons. The van der Waals surface area contributed by atoms with Crippen LogP contribution >= 0.6 is 12.6 Å². The van der Waals surface area contributed by atoms with Crippen LogP contribution in [0.5, 0.6) is 0 Å². The number of allylic oxidation sites excluding steroid dienone is 1. The summed E-state index contributed by atoms with van der Waals surface area (Å²) in [6.45, 7) is 8.98. The van der Waals surface area contributed by atoms with Crippen LogP contribution in [0.25, 0.3) is 0 Å². The first-order valence-electron chi connectivity index (χ1n) is 5.90. The van der Waals surface area contributed by atoms with Gasteiger partial charge in [-0.3, -0.25) is 9.59 Å². The number of nitrogens with one attached hydrogen (secondary N) is 1. The molecular formula is C13H23NO4S. The Hall–Kier alpha value is -1.27. The smallest absolute Gasteiger partial charge is 0.312 e. The summed E-state index contributed by atoms with van der Waals surface area (Å²) in [5.41, 5.74) is 0. The molecule has 1 amide bonds. The van der Waals surface area contributed by atoms with Crippen molar-refractivity contribution in [3.63, 3.8) is 0 Å². The number of aliphatic carboxylic acids is 1. The second-order valence-electron chi connectivity index (χ2n) is 3.74. The number of amides is 1.